The van der Waals surface area contributed by atoms with E-state index in [1.165, 1.54) is 0 Å². The summed E-state index contributed by atoms with van der Waals surface area (Å²) in [6.07, 6.45) is 6.14. The average Bonchev–Trinajstić information content (AvgIpc) is 3.00. The number of Topliss-reactive ketones (excluding diaryl/α,β-unsaturated/α-hetero) is 1. The van der Waals surface area contributed by atoms with Gasteiger partial charge in [0.2, 0.25) is 5.91 Å². The Balaban J connectivity index is 1.85. The third-order valence-corrected chi connectivity index (χ3v) is 6.79. The predicted molar refractivity (Wildman–Crippen MR) is 89.2 cm³/mol. The van der Waals surface area contributed by atoms with Gasteiger partial charge in [-0.2, -0.15) is 0 Å². The standard InChI is InChI=1S/C19H27NO4/c1-4-11-8-13-12(6-7-15(13)21)14(9-11)16(22)20-19(17(23)24)10-18(19,3)5-2/h9,11-13H,4-8,10H2,1-3H3,(H,20,22)(H,23,24)/t11-,12+,13+,18-,19-/m1/s1. The van der Waals surface area contributed by atoms with Crippen LogP contribution >= 0.6 is 0 Å². The fourth-order valence-corrected chi connectivity index (χ4v) is 4.69. The van der Waals surface area contributed by atoms with Crippen molar-refractivity contribution in [2.45, 2.75) is 64.8 Å². The van der Waals surface area contributed by atoms with E-state index in [2.05, 4.69) is 12.2 Å². The Bertz CT molecular complexity index is 625. The Hall–Kier alpha value is -1.65. The first-order valence-corrected chi connectivity index (χ1v) is 9.08. The maximum atomic E-state index is 12.9. The van der Waals surface area contributed by atoms with E-state index in [9.17, 15) is 19.5 Å². The molecular formula is C19H27NO4. The van der Waals surface area contributed by atoms with Crippen LogP contribution in [0.25, 0.3) is 0 Å². The molecule has 2 saturated carbocycles. The van der Waals surface area contributed by atoms with E-state index in [4.69, 9.17) is 0 Å². The highest BCUT2D eigenvalue weighted by Crippen LogP contribution is 2.58. The van der Waals surface area contributed by atoms with Crippen molar-refractivity contribution in [3.8, 4) is 0 Å². The predicted octanol–water partition coefficient (Wildman–Crippen LogP) is 2.70. The summed E-state index contributed by atoms with van der Waals surface area (Å²) in [5.41, 5.74) is -0.898. The highest BCUT2D eigenvalue weighted by Gasteiger charge is 2.69. The molecule has 0 aliphatic heterocycles. The Kier molecular flexibility index (Phi) is 4.09. The maximum Gasteiger partial charge on any atom is 0.330 e. The zero-order valence-corrected chi connectivity index (χ0v) is 14.7. The Morgan fingerprint density at radius 1 is 1.33 bits per heavy atom. The minimum atomic E-state index is -1.16. The van der Waals surface area contributed by atoms with Crippen LogP contribution in [-0.2, 0) is 14.4 Å². The van der Waals surface area contributed by atoms with E-state index < -0.39 is 16.9 Å². The first-order valence-electron chi connectivity index (χ1n) is 9.08. The molecule has 3 aliphatic rings. The molecule has 0 aromatic heterocycles. The lowest BCUT2D eigenvalue weighted by Crippen LogP contribution is -2.49. The van der Waals surface area contributed by atoms with Crippen molar-refractivity contribution in [2.75, 3.05) is 0 Å². The summed E-state index contributed by atoms with van der Waals surface area (Å²) in [6.45, 7) is 5.92. The second kappa shape index (κ2) is 5.71. The fourth-order valence-electron chi connectivity index (χ4n) is 4.69. The highest BCUT2D eigenvalue weighted by molar-refractivity contribution is 6.01. The SMILES string of the molecule is CC[C@H]1C=C(C(=O)N[C@@]2(C(=O)O)C[C@@]2(C)CC)[C@H]2CCC(=O)[C@H]2C1. The molecule has 3 aliphatic carbocycles. The highest BCUT2D eigenvalue weighted by atomic mass is 16.4. The molecule has 0 aromatic carbocycles. The van der Waals surface area contributed by atoms with Crippen LogP contribution in [-0.4, -0.2) is 28.3 Å². The number of allylic oxidation sites excluding steroid dienone is 1. The van der Waals surface area contributed by atoms with Gasteiger partial charge < -0.3 is 10.4 Å². The Morgan fingerprint density at radius 2 is 2.04 bits per heavy atom. The number of aliphatic carboxylic acids is 1. The molecule has 5 nitrogen and oxygen atoms in total. The number of ketones is 1. The van der Waals surface area contributed by atoms with Crippen LogP contribution in [0.1, 0.15) is 59.3 Å². The summed E-state index contributed by atoms with van der Waals surface area (Å²) in [5.74, 6) is -0.836. The monoisotopic (exact) mass is 333 g/mol. The summed E-state index contributed by atoms with van der Waals surface area (Å²) < 4.78 is 0. The number of carboxylic acid groups (broad SMARTS) is 1. The summed E-state index contributed by atoms with van der Waals surface area (Å²) in [6, 6.07) is 0. The van der Waals surface area contributed by atoms with Crippen molar-refractivity contribution in [3.05, 3.63) is 11.6 Å². The second-order valence-electron chi connectivity index (χ2n) is 8.00. The van der Waals surface area contributed by atoms with Gasteiger partial charge in [-0.1, -0.05) is 26.8 Å². The maximum absolute atomic E-state index is 12.9. The van der Waals surface area contributed by atoms with Crippen LogP contribution in [0, 0.1) is 23.2 Å². The lowest BCUT2D eigenvalue weighted by Gasteiger charge is -2.31. The molecule has 1 amide bonds. The molecule has 2 fully saturated rings. The fraction of sp³-hybridized carbons (Fsp3) is 0.737. The van der Waals surface area contributed by atoms with E-state index in [0.29, 0.717) is 31.3 Å². The largest absolute Gasteiger partial charge is 0.479 e. The average molecular weight is 333 g/mol. The summed E-state index contributed by atoms with van der Waals surface area (Å²) in [4.78, 5) is 36.8. The Labute approximate surface area is 142 Å². The van der Waals surface area contributed by atoms with Gasteiger partial charge in [0.05, 0.1) is 0 Å². The molecule has 0 radical (unpaired) electrons. The van der Waals surface area contributed by atoms with Crippen LogP contribution in [0.5, 0.6) is 0 Å². The number of hydrogen-bond acceptors (Lipinski definition) is 3. The first-order chi connectivity index (χ1) is 11.3. The van der Waals surface area contributed by atoms with Crippen molar-refractivity contribution in [3.63, 3.8) is 0 Å². The van der Waals surface area contributed by atoms with Crippen LogP contribution in [0.3, 0.4) is 0 Å². The number of carbonyl (C=O) groups excluding carboxylic acids is 2. The molecule has 5 heteroatoms. The van der Waals surface area contributed by atoms with Crippen molar-refractivity contribution >= 4 is 17.7 Å². The molecule has 0 aromatic rings. The summed E-state index contributed by atoms with van der Waals surface area (Å²) in [5, 5.41) is 12.5. The van der Waals surface area contributed by atoms with E-state index in [0.717, 1.165) is 12.8 Å². The van der Waals surface area contributed by atoms with Crippen molar-refractivity contribution in [1.29, 1.82) is 0 Å². The number of amides is 1. The lowest BCUT2D eigenvalue weighted by atomic mass is 9.74. The number of carbonyl (C=O) groups is 3. The molecule has 0 unspecified atom stereocenters. The number of rotatable bonds is 5. The number of fused-ring (bicyclic) bond motifs is 1. The molecule has 132 valence electrons. The van der Waals surface area contributed by atoms with Crippen LogP contribution in [0.4, 0.5) is 0 Å². The van der Waals surface area contributed by atoms with Crippen molar-refractivity contribution in [2.24, 2.45) is 23.2 Å². The van der Waals surface area contributed by atoms with Gasteiger partial charge in [0.15, 0.2) is 0 Å². The molecule has 2 N–H and O–H groups in total. The molecule has 3 rings (SSSR count). The van der Waals surface area contributed by atoms with Gasteiger partial charge in [0.1, 0.15) is 11.3 Å². The molecule has 0 spiro atoms. The zero-order valence-electron chi connectivity index (χ0n) is 14.7. The quantitative estimate of drug-likeness (QED) is 0.810. The molecular weight excluding hydrogens is 306 g/mol. The van der Waals surface area contributed by atoms with Crippen molar-refractivity contribution < 1.29 is 19.5 Å². The lowest BCUT2D eigenvalue weighted by molar-refractivity contribution is -0.144. The first kappa shape index (κ1) is 17.2. The molecule has 0 bridgehead atoms. The molecule has 24 heavy (non-hydrogen) atoms. The van der Waals surface area contributed by atoms with E-state index in [1.807, 2.05) is 19.9 Å². The van der Waals surface area contributed by atoms with Gasteiger partial charge in [0, 0.05) is 23.3 Å². The Morgan fingerprint density at radius 3 is 2.58 bits per heavy atom. The van der Waals surface area contributed by atoms with E-state index in [-0.39, 0.29) is 29.4 Å². The van der Waals surface area contributed by atoms with Crippen LogP contribution in [0.2, 0.25) is 0 Å². The number of carboxylic acids is 1. The van der Waals surface area contributed by atoms with Gasteiger partial charge in [-0.15, -0.1) is 0 Å². The third-order valence-electron chi connectivity index (χ3n) is 6.79. The molecule has 5 atom stereocenters. The smallest absolute Gasteiger partial charge is 0.330 e. The van der Waals surface area contributed by atoms with Crippen LogP contribution in [0.15, 0.2) is 11.6 Å². The van der Waals surface area contributed by atoms with Gasteiger partial charge >= 0.3 is 5.97 Å². The van der Waals surface area contributed by atoms with Crippen molar-refractivity contribution in [1.82, 2.24) is 5.32 Å². The summed E-state index contributed by atoms with van der Waals surface area (Å²) in [7, 11) is 0. The molecule has 0 heterocycles. The third kappa shape index (κ3) is 2.40. The van der Waals surface area contributed by atoms with Gasteiger partial charge in [-0.3, -0.25) is 9.59 Å². The number of nitrogens with one attached hydrogen (secondary N) is 1. The minimum Gasteiger partial charge on any atom is -0.479 e. The minimum absolute atomic E-state index is 0.0298. The number of hydrogen-bond donors (Lipinski definition) is 2. The normalized spacial score (nSPS) is 40.7. The van der Waals surface area contributed by atoms with Gasteiger partial charge in [0.25, 0.3) is 0 Å². The molecule has 0 saturated heterocycles. The second-order valence-corrected chi connectivity index (χ2v) is 8.00. The topological polar surface area (TPSA) is 83.5 Å². The van der Waals surface area contributed by atoms with Crippen LogP contribution < -0.4 is 5.32 Å². The zero-order chi connectivity index (χ0) is 17.7. The van der Waals surface area contributed by atoms with E-state index in [1.54, 1.807) is 0 Å². The van der Waals surface area contributed by atoms with Gasteiger partial charge in [-0.05, 0) is 43.9 Å². The van der Waals surface area contributed by atoms with E-state index >= 15 is 0 Å². The summed E-state index contributed by atoms with van der Waals surface area (Å²) >= 11 is 0. The van der Waals surface area contributed by atoms with Gasteiger partial charge in [-0.25, -0.2) is 4.79 Å².